The second kappa shape index (κ2) is 15.5. The van der Waals surface area contributed by atoms with Gasteiger partial charge < -0.3 is 28.7 Å². The minimum absolute atomic E-state index is 0.0119. The Labute approximate surface area is 362 Å². The van der Waals surface area contributed by atoms with Crippen LogP contribution in [0.2, 0.25) is 0 Å². The van der Waals surface area contributed by atoms with E-state index in [4.69, 9.17) is 18.9 Å². The highest BCUT2D eigenvalue weighted by atomic mass is 16.6. The molecular weight excluding hydrogens is 789 g/mol. The van der Waals surface area contributed by atoms with Crippen LogP contribution in [0.1, 0.15) is 61.1 Å². The lowest BCUT2D eigenvalue weighted by molar-refractivity contribution is -0.385. The van der Waals surface area contributed by atoms with Crippen molar-refractivity contribution in [3.63, 3.8) is 0 Å². The fraction of sp³-hybridized carbons (Fsp3) is 0.417. The van der Waals surface area contributed by atoms with Crippen LogP contribution in [0.4, 0.5) is 22.7 Å². The number of ether oxygens (including phenoxy) is 4. The molecule has 324 valence electrons. The van der Waals surface area contributed by atoms with Crippen LogP contribution >= 0.6 is 0 Å². The van der Waals surface area contributed by atoms with Crippen LogP contribution in [-0.2, 0) is 33.4 Å². The first kappa shape index (κ1) is 41.5. The summed E-state index contributed by atoms with van der Waals surface area (Å²) in [6, 6.07) is 23.0. The molecule has 2 unspecified atom stereocenters. The largest absolute Gasteiger partial charge is 0.462 e. The number of nitrogens with zero attached hydrogens (tertiary/aromatic N) is 6. The topological polar surface area (TPSA) is 136 Å². The SMILES string of the molecule is CN1c2ccccc2C(C)(C)C12C=Cc1cc([N+](=O)[O-])cc(CN3CCOCCN(Cc4cc([N+](=O)[O-])cc5c4OC4(C=C5)N(C)c5ccccc5C4(C)C)CCOCC3)c1O2. The highest BCUT2D eigenvalue weighted by molar-refractivity contribution is 5.75. The maximum Gasteiger partial charge on any atom is 0.270 e. The van der Waals surface area contributed by atoms with E-state index in [1.807, 2.05) is 62.7 Å². The van der Waals surface area contributed by atoms with Crippen molar-refractivity contribution in [3.8, 4) is 11.5 Å². The molecule has 0 bridgehead atoms. The molecule has 9 rings (SSSR count). The molecule has 2 spiro atoms. The molecule has 14 nitrogen and oxygen atoms in total. The Balaban J connectivity index is 0.908. The molecule has 5 heterocycles. The number of non-ortho nitro benzene ring substituents is 2. The van der Waals surface area contributed by atoms with Crippen LogP contribution < -0.4 is 19.3 Å². The van der Waals surface area contributed by atoms with E-state index in [0.717, 1.165) is 22.5 Å². The number of fused-ring (bicyclic) bond motifs is 4. The number of nitro groups is 2. The van der Waals surface area contributed by atoms with Crippen molar-refractivity contribution in [1.29, 1.82) is 0 Å². The summed E-state index contributed by atoms with van der Waals surface area (Å²) in [6.45, 7) is 13.4. The zero-order chi connectivity index (χ0) is 43.6. The standard InChI is InChI=1S/C48H54N6O8/c1-45(2)39-11-7-9-13-41(39)49(5)47(45)17-15-33-27-37(53(55)56)29-35(43(33)61-47)31-51-19-23-59-25-21-52(22-26-60-24-20-51)32-36-30-38(54(57)58)28-34-16-18-48(62-44(34)36)46(3,4)40-12-8-10-14-42(40)50(48)6/h7-18,27-30H,19-26,31-32H2,1-6H3. The van der Waals surface area contributed by atoms with Crippen LogP contribution in [0.25, 0.3) is 12.2 Å². The van der Waals surface area contributed by atoms with Gasteiger partial charge in [0.2, 0.25) is 11.4 Å². The number of anilines is 2. The second-order valence-electron chi connectivity index (χ2n) is 18.0. The van der Waals surface area contributed by atoms with Gasteiger partial charge in [-0.15, -0.1) is 0 Å². The minimum Gasteiger partial charge on any atom is -0.462 e. The van der Waals surface area contributed by atoms with E-state index in [1.54, 1.807) is 24.3 Å². The third-order valence-corrected chi connectivity index (χ3v) is 13.9. The van der Waals surface area contributed by atoms with Crippen LogP contribution in [-0.4, -0.2) is 97.8 Å². The summed E-state index contributed by atoms with van der Waals surface area (Å²) in [4.78, 5) is 32.4. The lowest BCUT2D eigenvalue weighted by Gasteiger charge is -2.46. The first-order chi connectivity index (χ1) is 29.7. The molecule has 14 heteroatoms. The quantitative estimate of drug-likeness (QED) is 0.138. The average Bonchev–Trinajstić information content (AvgIpc) is 3.51. The van der Waals surface area contributed by atoms with Gasteiger partial charge in [0.25, 0.3) is 11.4 Å². The van der Waals surface area contributed by atoms with Crippen molar-refractivity contribution in [2.45, 2.75) is 63.1 Å². The molecule has 0 saturated carbocycles. The van der Waals surface area contributed by atoms with Gasteiger partial charge in [0.05, 0.1) is 47.1 Å². The molecule has 5 aliphatic rings. The van der Waals surface area contributed by atoms with Crippen molar-refractivity contribution in [1.82, 2.24) is 9.80 Å². The Bertz CT molecular complexity index is 2320. The number of para-hydroxylation sites is 2. The molecule has 0 N–H and O–H groups in total. The van der Waals surface area contributed by atoms with E-state index in [0.29, 0.717) is 88.3 Å². The normalized spacial score (nSPS) is 24.0. The number of likely N-dealkylation sites (N-methyl/N-ethyl adjacent to an activating group) is 2. The van der Waals surface area contributed by atoms with Gasteiger partial charge in [-0.25, -0.2) is 0 Å². The summed E-state index contributed by atoms with van der Waals surface area (Å²) in [7, 11) is 4.07. The first-order valence-electron chi connectivity index (χ1n) is 21.3. The first-order valence-corrected chi connectivity index (χ1v) is 21.3. The molecule has 0 amide bonds. The number of rotatable bonds is 6. The molecule has 4 aromatic rings. The number of hydrogen-bond acceptors (Lipinski definition) is 12. The Kier molecular flexibility index (Phi) is 10.4. The Morgan fingerprint density at radius 2 is 0.952 bits per heavy atom. The summed E-state index contributed by atoms with van der Waals surface area (Å²) >= 11 is 0. The Morgan fingerprint density at radius 3 is 1.31 bits per heavy atom. The lowest BCUT2D eigenvalue weighted by Crippen LogP contribution is -2.58. The lowest BCUT2D eigenvalue weighted by atomic mass is 9.76. The molecule has 4 aromatic carbocycles. The van der Waals surface area contributed by atoms with Gasteiger partial charge in [0.1, 0.15) is 11.5 Å². The van der Waals surface area contributed by atoms with Gasteiger partial charge in [-0.1, -0.05) is 36.4 Å². The average molecular weight is 843 g/mol. The number of benzene rings is 4. The van der Waals surface area contributed by atoms with E-state index in [-0.39, 0.29) is 21.2 Å². The Hall–Kier alpha value is -5.80. The maximum atomic E-state index is 12.2. The minimum atomic E-state index is -0.835. The van der Waals surface area contributed by atoms with Crippen molar-refractivity contribution >= 4 is 34.9 Å². The highest BCUT2D eigenvalue weighted by Crippen LogP contribution is 2.56. The van der Waals surface area contributed by atoms with Gasteiger partial charge in [-0.3, -0.25) is 30.0 Å². The van der Waals surface area contributed by atoms with Gasteiger partial charge in [0, 0.05) is 111 Å². The molecule has 0 radical (unpaired) electrons. The van der Waals surface area contributed by atoms with Crippen molar-refractivity contribution in [3.05, 3.63) is 139 Å². The van der Waals surface area contributed by atoms with E-state index >= 15 is 0 Å². The van der Waals surface area contributed by atoms with Crippen LogP contribution in [0, 0.1) is 20.2 Å². The molecule has 2 atom stereocenters. The number of hydrogen-bond donors (Lipinski definition) is 0. The molecule has 62 heavy (non-hydrogen) atoms. The molecule has 1 saturated heterocycles. The fourth-order valence-electron chi connectivity index (χ4n) is 10.3. The van der Waals surface area contributed by atoms with Crippen molar-refractivity contribution in [2.75, 3.05) is 76.5 Å². The summed E-state index contributed by atoms with van der Waals surface area (Å²) in [5.41, 5.74) is 4.82. The number of nitro benzene ring substituents is 2. The summed E-state index contributed by atoms with van der Waals surface area (Å²) in [6.07, 6.45) is 8.00. The molecule has 1 fully saturated rings. The van der Waals surface area contributed by atoms with Crippen LogP contribution in [0.5, 0.6) is 11.5 Å². The molecule has 5 aliphatic heterocycles. The zero-order valence-corrected chi connectivity index (χ0v) is 36.3. The monoisotopic (exact) mass is 842 g/mol. The third-order valence-electron chi connectivity index (χ3n) is 13.9. The van der Waals surface area contributed by atoms with E-state index in [9.17, 15) is 20.2 Å². The van der Waals surface area contributed by atoms with Gasteiger partial charge >= 0.3 is 0 Å². The Morgan fingerprint density at radius 1 is 0.581 bits per heavy atom. The van der Waals surface area contributed by atoms with Gasteiger partial charge in [0.15, 0.2) is 0 Å². The second-order valence-corrected chi connectivity index (χ2v) is 18.0. The zero-order valence-electron chi connectivity index (χ0n) is 36.3. The van der Waals surface area contributed by atoms with Crippen LogP contribution in [0.15, 0.2) is 84.9 Å². The van der Waals surface area contributed by atoms with Crippen molar-refractivity contribution < 1.29 is 28.8 Å². The van der Waals surface area contributed by atoms with E-state index in [1.165, 1.54) is 11.1 Å². The summed E-state index contributed by atoms with van der Waals surface area (Å²) in [5, 5.41) is 24.3. The molecule has 0 aliphatic carbocycles. The van der Waals surface area contributed by atoms with Gasteiger partial charge in [-0.05, 0) is 75.3 Å². The smallest absolute Gasteiger partial charge is 0.270 e. The predicted molar refractivity (Wildman–Crippen MR) is 239 cm³/mol. The summed E-state index contributed by atoms with van der Waals surface area (Å²) < 4.78 is 26.7. The van der Waals surface area contributed by atoms with Crippen molar-refractivity contribution in [2.24, 2.45) is 0 Å². The highest BCUT2D eigenvalue weighted by Gasteiger charge is 2.59. The third kappa shape index (κ3) is 6.62. The molecule has 0 aromatic heterocycles. The fourth-order valence-corrected chi connectivity index (χ4v) is 10.3. The predicted octanol–water partition coefficient (Wildman–Crippen LogP) is 7.91. The van der Waals surface area contributed by atoms with E-state index < -0.39 is 22.3 Å². The van der Waals surface area contributed by atoms with E-state index in [2.05, 4.69) is 71.6 Å². The summed E-state index contributed by atoms with van der Waals surface area (Å²) in [5.74, 6) is 1.27. The van der Waals surface area contributed by atoms with Gasteiger partial charge in [-0.2, -0.15) is 0 Å². The van der Waals surface area contributed by atoms with Crippen LogP contribution in [0.3, 0.4) is 0 Å². The maximum absolute atomic E-state index is 12.2. The molecular formula is C48H54N6O8.